The van der Waals surface area contributed by atoms with Gasteiger partial charge in [0.1, 0.15) is 5.75 Å². The predicted molar refractivity (Wildman–Crippen MR) is 63.7 cm³/mol. The van der Waals surface area contributed by atoms with Crippen molar-refractivity contribution in [2.75, 3.05) is 18.4 Å². The van der Waals surface area contributed by atoms with E-state index in [1.54, 1.807) is 11.0 Å². The van der Waals surface area contributed by atoms with Crippen LogP contribution < -0.4 is 0 Å². The third-order valence-electron chi connectivity index (χ3n) is 2.82. The summed E-state index contributed by atoms with van der Waals surface area (Å²) in [6.07, 6.45) is 3.83. The molecule has 1 fully saturated rings. The first-order chi connectivity index (χ1) is 7.72. The van der Waals surface area contributed by atoms with Crippen LogP contribution in [0.2, 0.25) is 0 Å². The number of aromatic hydroxyl groups is 1. The van der Waals surface area contributed by atoms with Crippen molar-refractivity contribution in [3.63, 3.8) is 0 Å². The molecule has 1 aliphatic heterocycles. The van der Waals surface area contributed by atoms with Gasteiger partial charge in [0.25, 0.3) is 5.91 Å². The first-order valence-electron chi connectivity index (χ1n) is 5.20. The Kier molecular flexibility index (Phi) is 3.43. The standard InChI is InChI=1S/C11H13BrN2O2/c12-5-8-2-4-14(7-8)11(16)9-1-3-13-6-10(9)15/h1,3,6,8,15H,2,4-5,7H2. The van der Waals surface area contributed by atoms with Crippen LogP contribution in [0.5, 0.6) is 5.75 Å². The van der Waals surface area contributed by atoms with Crippen LogP contribution in [0.1, 0.15) is 16.8 Å². The lowest BCUT2D eigenvalue weighted by atomic mass is 10.2. The number of likely N-dealkylation sites (tertiary alicyclic amines) is 1. The van der Waals surface area contributed by atoms with E-state index in [9.17, 15) is 9.90 Å². The Morgan fingerprint density at radius 1 is 1.69 bits per heavy atom. The van der Waals surface area contributed by atoms with E-state index < -0.39 is 0 Å². The fourth-order valence-corrected chi connectivity index (χ4v) is 2.41. The number of pyridine rings is 1. The molecule has 0 radical (unpaired) electrons. The van der Waals surface area contributed by atoms with Crippen LogP contribution in [-0.2, 0) is 0 Å². The van der Waals surface area contributed by atoms with Gasteiger partial charge in [-0.25, -0.2) is 0 Å². The van der Waals surface area contributed by atoms with E-state index in [2.05, 4.69) is 20.9 Å². The number of alkyl halides is 1. The van der Waals surface area contributed by atoms with Crippen molar-refractivity contribution >= 4 is 21.8 Å². The molecule has 2 rings (SSSR count). The number of carbonyl (C=O) groups is 1. The Labute approximate surface area is 102 Å². The Hall–Kier alpha value is -1.10. The zero-order valence-electron chi connectivity index (χ0n) is 8.77. The van der Waals surface area contributed by atoms with Crippen LogP contribution in [0.4, 0.5) is 0 Å². The van der Waals surface area contributed by atoms with Crippen LogP contribution in [0.3, 0.4) is 0 Å². The third kappa shape index (κ3) is 2.19. The van der Waals surface area contributed by atoms with Crippen LogP contribution in [0.25, 0.3) is 0 Å². The van der Waals surface area contributed by atoms with Crippen molar-refractivity contribution in [1.82, 2.24) is 9.88 Å². The quantitative estimate of drug-likeness (QED) is 0.840. The van der Waals surface area contributed by atoms with E-state index in [1.165, 1.54) is 12.4 Å². The summed E-state index contributed by atoms with van der Waals surface area (Å²) < 4.78 is 0. The molecule has 1 aliphatic rings. The Bertz CT molecular complexity index is 397. The van der Waals surface area contributed by atoms with Crippen molar-refractivity contribution < 1.29 is 9.90 Å². The number of aromatic nitrogens is 1. The van der Waals surface area contributed by atoms with Gasteiger partial charge in [-0.1, -0.05) is 15.9 Å². The number of hydrogen-bond donors (Lipinski definition) is 1. The summed E-state index contributed by atoms with van der Waals surface area (Å²) in [5.74, 6) is 0.367. The summed E-state index contributed by atoms with van der Waals surface area (Å²) in [6.45, 7) is 1.52. The molecule has 0 bridgehead atoms. The van der Waals surface area contributed by atoms with E-state index in [-0.39, 0.29) is 11.7 Å². The second-order valence-corrected chi connectivity index (χ2v) is 4.60. The highest BCUT2D eigenvalue weighted by molar-refractivity contribution is 9.09. The molecule has 0 aliphatic carbocycles. The minimum Gasteiger partial charge on any atom is -0.505 e. The van der Waals surface area contributed by atoms with Gasteiger partial charge in [-0.3, -0.25) is 9.78 Å². The molecule has 1 atom stereocenters. The Balaban J connectivity index is 2.12. The molecule has 1 aromatic heterocycles. The number of hydrogen-bond acceptors (Lipinski definition) is 3. The molecule has 4 nitrogen and oxygen atoms in total. The lowest BCUT2D eigenvalue weighted by molar-refractivity contribution is 0.0785. The van der Waals surface area contributed by atoms with Crippen molar-refractivity contribution in [2.24, 2.45) is 5.92 Å². The first kappa shape index (κ1) is 11.4. The molecular formula is C11H13BrN2O2. The highest BCUT2D eigenvalue weighted by Crippen LogP contribution is 2.23. The SMILES string of the molecule is O=C(c1ccncc1O)N1CCC(CBr)C1. The van der Waals surface area contributed by atoms with Gasteiger partial charge in [0.05, 0.1) is 11.8 Å². The van der Waals surface area contributed by atoms with Gasteiger partial charge >= 0.3 is 0 Å². The Morgan fingerprint density at radius 3 is 3.12 bits per heavy atom. The lowest BCUT2D eigenvalue weighted by Crippen LogP contribution is -2.28. The van der Waals surface area contributed by atoms with E-state index in [4.69, 9.17) is 0 Å². The average Bonchev–Trinajstić information content (AvgIpc) is 2.77. The fourth-order valence-electron chi connectivity index (χ4n) is 1.88. The molecule has 0 saturated carbocycles. The minimum atomic E-state index is -0.108. The molecule has 2 heterocycles. The van der Waals surface area contributed by atoms with E-state index in [0.29, 0.717) is 11.5 Å². The van der Waals surface area contributed by atoms with Crippen molar-refractivity contribution in [3.05, 3.63) is 24.0 Å². The lowest BCUT2D eigenvalue weighted by Gasteiger charge is -2.16. The fraction of sp³-hybridized carbons (Fsp3) is 0.455. The van der Waals surface area contributed by atoms with Gasteiger partial charge in [-0.2, -0.15) is 0 Å². The predicted octanol–water partition coefficient (Wildman–Crippen LogP) is 1.64. The molecule has 0 spiro atoms. The summed E-state index contributed by atoms with van der Waals surface area (Å²) in [5.41, 5.74) is 0.338. The largest absolute Gasteiger partial charge is 0.505 e. The van der Waals surface area contributed by atoms with Gasteiger partial charge in [-0.05, 0) is 18.4 Å². The van der Waals surface area contributed by atoms with Gasteiger partial charge in [0.15, 0.2) is 0 Å². The normalized spacial score (nSPS) is 20.1. The summed E-state index contributed by atoms with van der Waals surface area (Å²) in [6, 6.07) is 1.55. The van der Waals surface area contributed by atoms with Gasteiger partial charge in [0.2, 0.25) is 0 Å². The molecule has 5 heteroatoms. The molecule has 16 heavy (non-hydrogen) atoms. The second kappa shape index (κ2) is 4.82. The molecular weight excluding hydrogens is 272 g/mol. The molecule has 1 saturated heterocycles. The van der Waals surface area contributed by atoms with E-state index in [0.717, 1.165) is 24.8 Å². The molecule has 86 valence electrons. The van der Waals surface area contributed by atoms with Crippen molar-refractivity contribution in [3.8, 4) is 5.75 Å². The van der Waals surface area contributed by atoms with Crippen LogP contribution in [0, 0.1) is 5.92 Å². The van der Waals surface area contributed by atoms with Gasteiger partial charge < -0.3 is 10.0 Å². The summed E-state index contributed by atoms with van der Waals surface area (Å²) in [5, 5.41) is 10.5. The molecule has 1 aromatic rings. The van der Waals surface area contributed by atoms with E-state index >= 15 is 0 Å². The second-order valence-electron chi connectivity index (χ2n) is 3.95. The zero-order valence-corrected chi connectivity index (χ0v) is 10.4. The number of amides is 1. The highest BCUT2D eigenvalue weighted by Gasteiger charge is 2.27. The number of rotatable bonds is 2. The number of nitrogens with zero attached hydrogens (tertiary/aromatic N) is 2. The average molecular weight is 285 g/mol. The monoisotopic (exact) mass is 284 g/mol. The van der Waals surface area contributed by atoms with Crippen LogP contribution in [0.15, 0.2) is 18.5 Å². The molecule has 1 N–H and O–H groups in total. The maximum Gasteiger partial charge on any atom is 0.257 e. The molecule has 1 unspecified atom stereocenters. The summed E-state index contributed by atoms with van der Waals surface area (Å²) in [4.78, 5) is 17.6. The van der Waals surface area contributed by atoms with Crippen molar-refractivity contribution in [2.45, 2.75) is 6.42 Å². The zero-order chi connectivity index (χ0) is 11.5. The summed E-state index contributed by atoms with van der Waals surface area (Å²) in [7, 11) is 0. The molecule has 1 amide bonds. The molecule has 0 aromatic carbocycles. The summed E-state index contributed by atoms with van der Waals surface area (Å²) >= 11 is 3.43. The Morgan fingerprint density at radius 2 is 2.50 bits per heavy atom. The van der Waals surface area contributed by atoms with Crippen LogP contribution in [-0.4, -0.2) is 39.3 Å². The smallest absolute Gasteiger partial charge is 0.257 e. The van der Waals surface area contributed by atoms with Crippen molar-refractivity contribution in [1.29, 1.82) is 0 Å². The topological polar surface area (TPSA) is 53.4 Å². The highest BCUT2D eigenvalue weighted by atomic mass is 79.9. The van der Waals surface area contributed by atoms with E-state index in [1.807, 2.05) is 0 Å². The minimum absolute atomic E-state index is 0.0465. The number of halogens is 1. The van der Waals surface area contributed by atoms with Gasteiger partial charge in [0, 0.05) is 24.6 Å². The van der Waals surface area contributed by atoms with Crippen LogP contribution >= 0.6 is 15.9 Å². The maximum absolute atomic E-state index is 12.1. The number of carbonyl (C=O) groups excluding carboxylic acids is 1. The maximum atomic E-state index is 12.1. The van der Waals surface area contributed by atoms with Gasteiger partial charge in [-0.15, -0.1) is 0 Å². The first-order valence-corrected chi connectivity index (χ1v) is 6.32. The third-order valence-corrected chi connectivity index (χ3v) is 3.74.